The van der Waals surface area contributed by atoms with Crippen molar-refractivity contribution in [2.24, 2.45) is 0 Å². The first-order valence-corrected chi connectivity index (χ1v) is 7.64. The van der Waals surface area contributed by atoms with Crippen LogP contribution in [0.2, 0.25) is 0 Å². The standard InChI is InChI=1S/C12H14N2O3S/c15-10-3-4-12-13-9(7-14(12)8-10)6-11-2-1-5-18(11,16)17/h3-4,7-8,11,15H,1-2,5-6H2. The molecular weight excluding hydrogens is 252 g/mol. The molecule has 0 amide bonds. The van der Waals surface area contributed by atoms with Crippen LogP contribution >= 0.6 is 0 Å². The van der Waals surface area contributed by atoms with E-state index in [4.69, 9.17) is 0 Å². The smallest absolute Gasteiger partial charge is 0.153 e. The van der Waals surface area contributed by atoms with E-state index in [-0.39, 0.29) is 11.0 Å². The lowest BCUT2D eigenvalue weighted by atomic mass is 10.2. The zero-order valence-corrected chi connectivity index (χ0v) is 10.6. The Morgan fingerprint density at radius 3 is 2.94 bits per heavy atom. The maximum absolute atomic E-state index is 11.8. The van der Waals surface area contributed by atoms with Crippen molar-refractivity contribution in [3.05, 3.63) is 30.2 Å². The molecule has 0 saturated carbocycles. The van der Waals surface area contributed by atoms with E-state index in [0.717, 1.165) is 24.2 Å². The molecule has 0 spiro atoms. The second-order valence-corrected chi connectivity index (χ2v) is 7.12. The minimum atomic E-state index is -2.93. The Hall–Kier alpha value is -1.56. The van der Waals surface area contributed by atoms with Crippen molar-refractivity contribution >= 4 is 15.5 Å². The van der Waals surface area contributed by atoms with Crippen LogP contribution in [0.4, 0.5) is 0 Å². The van der Waals surface area contributed by atoms with E-state index in [9.17, 15) is 13.5 Å². The molecule has 1 atom stereocenters. The topological polar surface area (TPSA) is 71.7 Å². The second kappa shape index (κ2) is 3.98. The number of pyridine rings is 1. The van der Waals surface area contributed by atoms with Gasteiger partial charge < -0.3 is 9.51 Å². The summed E-state index contributed by atoms with van der Waals surface area (Å²) in [7, 11) is -2.93. The predicted octanol–water partition coefficient (Wildman–Crippen LogP) is 1.16. The summed E-state index contributed by atoms with van der Waals surface area (Å²) in [6.45, 7) is 0. The third-order valence-electron chi connectivity index (χ3n) is 3.38. The fourth-order valence-electron chi connectivity index (χ4n) is 2.45. The second-order valence-electron chi connectivity index (χ2n) is 4.72. The molecule has 1 aliphatic heterocycles. The number of hydrogen-bond donors (Lipinski definition) is 1. The van der Waals surface area contributed by atoms with Gasteiger partial charge in [-0.1, -0.05) is 0 Å². The van der Waals surface area contributed by atoms with Gasteiger partial charge in [-0.15, -0.1) is 0 Å². The minimum absolute atomic E-state index is 0.167. The van der Waals surface area contributed by atoms with E-state index in [0.29, 0.717) is 12.2 Å². The molecule has 0 bridgehead atoms. The number of fused-ring (bicyclic) bond motifs is 1. The van der Waals surface area contributed by atoms with Gasteiger partial charge in [0.2, 0.25) is 0 Å². The molecule has 0 radical (unpaired) electrons. The number of nitrogens with zero attached hydrogens (tertiary/aromatic N) is 2. The van der Waals surface area contributed by atoms with Gasteiger partial charge in [0.1, 0.15) is 11.4 Å². The molecule has 2 aromatic rings. The first-order chi connectivity index (χ1) is 8.54. The summed E-state index contributed by atoms with van der Waals surface area (Å²) >= 11 is 0. The molecule has 1 saturated heterocycles. The van der Waals surface area contributed by atoms with E-state index in [1.165, 1.54) is 0 Å². The summed E-state index contributed by atoms with van der Waals surface area (Å²) in [6.07, 6.45) is 5.28. The van der Waals surface area contributed by atoms with Crippen molar-refractivity contribution in [1.29, 1.82) is 0 Å². The van der Waals surface area contributed by atoms with Crippen molar-refractivity contribution in [2.75, 3.05) is 5.75 Å². The molecule has 3 heterocycles. The highest BCUT2D eigenvalue weighted by molar-refractivity contribution is 7.92. The van der Waals surface area contributed by atoms with Gasteiger partial charge in [-0.3, -0.25) is 0 Å². The third-order valence-corrected chi connectivity index (χ3v) is 5.66. The average Bonchev–Trinajstić information content (AvgIpc) is 2.82. The fraction of sp³-hybridized carbons (Fsp3) is 0.417. The zero-order chi connectivity index (χ0) is 12.8. The van der Waals surface area contributed by atoms with Gasteiger partial charge in [0.25, 0.3) is 0 Å². The van der Waals surface area contributed by atoms with Gasteiger partial charge in [0.05, 0.1) is 22.9 Å². The summed E-state index contributed by atoms with van der Waals surface area (Å²) in [5.74, 6) is 0.464. The van der Waals surface area contributed by atoms with Gasteiger partial charge >= 0.3 is 0 Å². The van der Waals surface area contributed by atoms with Gasteiger partial charge in [-0.25, -0.2) is 13.4 Å². The first-order valence-electron chi connectivity index (χ1n) is 5.93. The minimum Gasteiger partial charge on any atom is -0.506 e. The van der Waals surface area contributed by atoms with Crippen LogP contribution in [0.15, 0.2) is 24.5 Å². The molecule has 0 aromatic carbocycles. The first kappa shape index (κ1) is 11.5. The predicted molar refractivity (Wildman–Crippen MR) is 67.4 cm³/mol. The van der Waals surface area contributed by atoms with E-state index >= 15 is 0 Å². The highest BCUT2D eigenvalue weighted by Gasteiger charge is 2.31. The Balaban J connectivity index is 1.91. The Morgan fingerprint density at radius 2 is 2.22 bits per heavy atom. The largest absolute Gasteiger partial charge is 0.506 e. The summed E-state index contributed by atoms with van der Waals surface area (Å²) in [4.78, 5) is 4.37. The van der Waals surface area contributed by atoms with Crippen LogP contribution in [0.25, 0.3) is 5.65 Å². The van der Waals surface area contributed by atoms with E-state index < -0.39 is 9.84 Å². The molecule has 2 aromatic heterocycles. The van der Waals surface area contributed by atoms with Crippen LogP contribution in [-0.2, 0) is 16.3 Å². The Morgan fingerprint density at radius 1 is 1.39 bits per heavy atom. The summed E-state index contributed by atoms with van der Waals surface area (Å²) in [6, 6.07) is 3.28. The fourth-order valence-corrected chi connectivity index (χ4v) is 4.30. The average molecular weight is 266 g/mol. The van der Waals surface area contributed by atoms with Crippen LogP contribution in [-0.4, -0.2) is 33.9 Å². The SMILES string of the molecule is O=S1(=O)CCCC1Cc1cn2cc(O)ccc2n1. The lowest BCUT2D eigenvalue weighted by Gasteiger charge is -2.05. The van der Waals surface area contributed by atoms with Gasteiger partial charge in [-0.2, -0.15) is 0 Å². The van der Waals surface area contributed by atoms with Gasteiger partial charge in [0.15, 0.2) is 9.84 Å². The van der Waals surface area contributed by atoms with Crippen LogP contribution in [0.1, 0.15) is 18.5 Å². The molecule has 6 heteroatoms. The number of sulfone groups is 1. The summed E-state index contributed by atoms with van der Waals surface area (Å²) in [5, 5.41) is 9.07. The van der Waals surface area contributed by atoms with Crippen LogP contribution in [0.5, 0.6) is 5.75 Å². The number of rotatable bonds is 2. The Bertz CT molecular complexity index is 690. The van der Waals surface area contributed by atoms with Crippen molar-refractivity contribution in [3.8, 4) is 5.75 Å². The number of imidazole rings is 1. The molecular formula is C12H14N2O3S. The highest BCUT2D eigenvalue weighted by atomic mass is 32.2. The molecule has 1 unspecified atom stereocenters. The lowest BCUT2D eigenvalue weighted by molar-refractivity contribution is 0.472. The number of aromatic nitrogens is 2. The van der Waals surface area contributed by atoms with E-state index in [1.54, 1.807) is 28.9 Å². The van der Waals surface area contributed by atoms with Gasteiger partial charge in [0, 0.05) is 12.6 Å². The Labute approximate surface area is 105 Å². The summed E-state index contributed by atoms with van der Waals surface area (Å²) < 4.78 is 25.2. The molecule has 18 heavy (non-hydrogen) atoms. The molecule has 1 aliphatic rings. The molecule has 3 rings (SSSR count). The molecule has 5 nitrogen and oxygen atoms in total. The highest BCUT2D eigenvalue weighted by Crippen LogP contribution is 2.23. The summed E-state index contributed by atoms with van der Waals surface area (Å²) in [5.41, 5.74) is 1.48. The van der Waals surface area contributed by atoms with Crippen molar-refractivity contribution in [1.82, 2.24) is 9.38 Å². The van der Waals surface area contributed by atoms with Crippen molar-refractivity contribution < 1.29 is 13.5 Å². The van der Waals surface area contributed by atoms with Crippen LogP contribution in [0, 0.1) is 0 Å². The normalized spacial score (nSPS) is 22.6. The quantitative estimate of drug-likeness (QED) is 0.885. The van der Waals surface area contributed by atoms with Crippen molar-refractivity contribution in [2.45, 2.75) is 24.5 Å². The molecule has 0 aliphatic carbocycles. The third kappa shape index (κ3) is 1.96. The number of hydrogen-bond acceptors (Lipinski definition) is 4. The Kier molecular flexibility index (Phi) is 2.55. The van der Waals surface area contributed by atoms with E-state index in [1.807, 2.05) is 0 Å². The lowest BCUT2D eigenvalue weighted by Crippen LogP contribution is -2.18. The molecule has 96 valence electrons. The zero-order valence-electron chi connectivity index (χ0n) is 9.78. The van der Waals surface area contributed by atoms with Crippen LogP contribution in [0.3, 0.4) is 0 Å². The van der Waals surface area contributed by atoms with Crippen molar-refractivity contribution in [3.63, 3.8) is 0 Å². The maximum Gasteiger partial charge on any atom is 0.153 e. The van der Waals surface area contributed by atoms with Crippen LogP contribution < -0.4 is 0 Å². The molecule has 1 N–H and O–H groups in total. The van der Waals surface area contributed by atoms with E-state index in [2.05, 4.69) is 4.98 Å². The monoisotopic (exact) mass is 266 g/mol. The van der Waals surface area contributed by atoms with Gasteiger partial charge in [-0.05, 0) is 25.0 Å². The number of aromatic hydroxyl groups is 1. The molecule has 1 fully saturated rings. The maximum atomic E-state index is 11.8.